The van der Waals surface area contributed by atoms with Crippen LogP contribution in [0.2, 0.25) is 0 Å². The van der Waals surface area contributed by atoms with Crippen LogP contribution >= 0.6 is 0 Å². The van der Waals surface area contributed by atoms with Gasteiger partial charge < -0.3 is 14.2 Å². The van der Waals surface area contributed by atoms with Crippen LogP contribution < -0.4 is 0 Å². The van der Waals surface area contributed by atoms with Crippen molar-refractivity contribution in [1.29, 1.82) is 0 Å². The highest BCUT2D eigenvalue weighted by atomic mass is 16.6. The summed E-state index contributed by atoms with van der Waals surface area (Å²) in [5.41, 5.74) is 0. The van der Waals surface area contributed by atoms with E-state index in [1.165, 1.54) is 205 Å². The van der Waals surface area contributed by atoms with E-state index >= 15 is 0 Å². The lowest BCUT2D eigenvalue weighted by Crippen LogP contribution is -2.30. The van der Waals surface area contributed by atoms with Crippen LogP contribution in [0.4, 0.5) is 0 Å². The lowest BCUT2D eigenvalue weighted by molar-refractivity contribution is -0.167. The van der Waals surface area contributed by atoms with Crippen LogP contribution in [-0.2, 0) is 28.6 Å². The average molecular weight is 1050 g/mol. The molecule has 0 heterocycles. The van der Waals surface area contributed by atoms with Gasteiger partial charge >= 0.3 is 17.9 Å². The molecule has 0 bridgehead atoms. The number of carbonyl (C=O) groups excluding carboxylic acids is 3. The van der Waals surface area contributed by atoms with Crippen molar-refractivity contribution in [2.45, 2.75) is 348 Å². The summed E-state index contributed by atoms with van der Waals surface area (Å²) in [6.07, 6.45) is 80.9. The van der Waals surface area contributed by atoms with E-state index in [-0.39, 0.29) is 31.1 Å². The predicted molar refractivity (Wildman–Crippen MR) is 325 cm³/mol. The zero-order valence-corrected chi connectivity index (χ0v) is 50.1. The van der Waals surface area contributed by atoms with E-state index in [4.69, 9.17) is 14.2 Å². The van der Waals surface area contributed by atoms with Gasteiger partial charge in [0.2, 0.25) is 0 Å². The second-order valence-electron chi connectivity index (χ2n) is 22.0. The van der Waals surface area contributed by atoms with Crippen LogP contribution in [0, 0.1) is 0 Å². The number of hydrogen-bond donors (Lipinski definition) is 0. The summed E-state index contributed by atoms with van der Waals surface area (Å²) in [7, 11) is 0. The lowest BCUT2D eigenvalue weighted by atomic mass is 10.0. The molecule has 436 valence electrons. The molecule has 0 N–H and O–H groups in total. The normalized spacial score (nSPS) is 12.4. The first-order valence-electron chi connectivity index (χ1n) is 32.8. The molecule has 1 unspecified atom stereocenters. The molecule has 0 rings (SSSR count). The van der Waals surface area contributed by atoms with Gasteiger partial charge in [-0.25, -0.2) is 0 Å². The van der Waals surface area contributed by atoms with E-state index in [1.54, 1.807) is 0 Å². The monoisotopic (exact) mass is 1050 g/mol. The number of hydrogen-bond acceptors (Lipinski definition) is 6. The fourth-order valence-corrected chi connectivity index (χ4v) is 9.65. The fourth-order valence-electron chi connectivity index (χ4n) is 9.65. The second-order valence-corrected chi connectivity index (χ2v) is 22.0. The van der Waals surface area contributed by atoms with Crippen molar-refractivity contribution in [2.75, 3.05) is 13.2 Å². The molecule has 0 aromatic rings. The van der Waals surface area contributed by atoms with E-state index < -0.39 is 6.10 Å². The maximum absolute atomic E-state index is 12.9. The van der Waals surface area contributed by atoms with E-state index in [0.29, 0.717) is 19.3 Å². The Morgan fingerprint density at radius 2 is 0.520 bits per heavy atom. The Morgan fingerprint density at radius 1 is 0.280 bits per heavy atom. The lowest BCUT2D eigenvalue weighted by Gasteiger charge is -2.18. The topological polar surface area (TPSA) is 78.9 Å². The number of carbonyl (C=O) groups is 3. The summed E-state index contributed by atoms with van der Waals surface area (Å²) in [6, 6.07) is 0. The Morgan fingerprint density at radius 3 is 0.813 bits per heavy atom. The summed E-state index contributed by atoms with van der Waals surface area (Å²) >= 11 is 0. The first kappa shape index (κ1) is 72.1. The molecule has 0 aliphatic rings. The Bertz CT molecular complexity index is 1340. The van der Waals surface area contributed by atoms with Gasteiger partial charge in [0.1, 0.15) is 13.2 Å². The summed E-state index contributed by atoms with van der Waals surface area (Å²) in [4.78, 5) is 38.4. The Kier molecular flexibility index (Phi) is 61.2. The van der Waals surface area contributed by atoms with Gasteiger partial charge in [-0.1, -0.05) is 319 Å². The molecule has 0 radical (unpaired) electrons. The molecule has 0 aromatic carbocycles. The highest BCUT2D eigenvalue weighted by Gasteiger charge is 2.19. The standard InChI is InChI=1S/C69H124O6/c1-4-7-10-13-16-19-22-25-28-31-34-36-38-41-44-47-50-53-56-59-62-68(71)74-65-66(64-73-67(70)61-58-55-52-49-46-43-40-37-33-30-27-24-21-18-15-12-9-6-3)75-69(72)63-60-57-54-51-48-45-42-39-35-32-29-26-23-20-17-14-11-8-5-2/h8,11,17,20,26,29,35,39,45,48,66H,4-7,9-10,12-16,18-19,21-25,27-28,30-34,36-38,40-44,46-47,49-65H2,1-3H3/b11-8-,20-17-,29-26-,39-35-,48-45-. The van der Waals surface area contributed by atoms with Crippen molar-refractivity contribution in [3.8, 4) is 0 Å². The third-order valence-electron chi connectivity index (χ3n) is 14.5. The first-order valence-corrected chi connectivity index (χ1v) is 32.8. The molecule has 0 fully saturated rings. The second kappa shape index (κ2) is 63.6. The van der Waals surface area contributed by atoms with Crippen LogP contribution in [0.25, 0.3) is 0 Å². The minimum Gasteiger partial charge on any atom is -0.462 e. The maximum Gasteiger partial charge on any atom is 0.306 e. The minimum absolute atomic E-state index is 0.0830. The van der Waals surface area contributed by atoms with Crippen molar-refractivity contribution < 1.29 is 28.6 Å². The van der Waals surface area contributed by atoms with E-state index in [2.05, 4.69) is 81.5 Å². The quantitative estimate of drug-likeness (QED) is 0.0261. The number of unbranched alkanes of at least 4 members (excludes halogenated alkanes) is 39. The van der Waals surface area contributed by atoms with Crippen molar-refractivity contribution in [2.24, 2.45) is 0 Å². The van der Waals surface area contributed by atoms with Crippen molar-refractivity contribution in [3.05, 3.63) is 60.8 Å². The maximum atomic E-state index is 12.9. The smallest absolute Gasteiger partial charge is 0.306 e. The summed E-state index contributed by atoms with van der Waals surface area (Å²) in [5.74, 6) is -0.892. The molecule has 6 heteroatoms. The molecular weight excluding hydrogens is 925 g/mol. The van der Waals surface area contributed by atoms with Gasteiger partial charge in [-0.05, 0) is 64.2 Å². The summed E-state index contributed by atoms with van der Waals surface area (Å²) in [6.45, 7) is 6.56. The molecule has 0 spiro atoms. The van der Waals surface area contributed by atoms with Gasteiger partial charge in [0, 0.05) is 19.3 Å². The van der Waals surface area contributed by atoms with Crippen molar-refractivity contribution >= 4 is 17.9 Å². The fraction of sp³-hybridized carbons (Fsp3) is 0.812. The van der Waals surface area contributed by atoms with Crippen LogP contribution in [0.3, 0.4) is 0 Å². The van der Waals surface area contributed by atoms with Gasteiger partial charge in [-0.15, -0.1) is 0 Å². The van der Waals surface area contributed by atoms with Crippen molar-refractivity contribution in [3.63, 3.8) is 0 Å². The predicted octanol–water partition coefficient (Wildman–Crippen LogP) is 22.3. The Hall–Kier alpha value is -2.89. The zero-order chi connectivity index (χ0) is 54.3. The molecule has 0 amide bonds. The molecule has 0 aliphatic carbocycles. The molecule has 1 atom stereocenters. The minimum atomic E-state index is -0.790. The van der Waals surface area contributed by atoms with Gasteiger partial charge in [-0.2, -0.15) is 0 Å². The summed E-state index contributed by atoms with van der Waals surface area (Å²) in [5, 5.41) is 0. The SMILES string of the molecule is CC/C=C\C/C=C\C/C=C\C/C=C\C/C=C\CCCCCC(=O)OC(COC(=O)CCCCCCCCCCCCCCCCCCCC)COC(=O)CCCCCCCCCCCCCCCCCCCCCC. The number of allylic oxidation sites excluding steroid dienone is 10. The Balaban J connectivity index is 4.38. The molecule has 0 saturated carbocycles. The van der Waals surface area contributed by atoms with E-state index in [9.17, 15) is 14.4 Å². The van der Waals surface area contributed by atoms with E-state index in [0.717, 1.165) is 96.3 Å². The van der Waals surface area contributed by atoms with Crippen LogP contribution in [-0.4, -0.2) is 37.2 Å². The molecule has 0 aromatic heterocycles. The number of esters is 3. The highest BCUT2D eigenvalue weighted by molar-refractivity contribution is 5.71. The molecule has 75 heavy (non-hydrogen) atoms. The molecular formula is C69H124O6. The third kappa shape index (κ3) is 61.8. The van der Waals surface area contributed by atoms with Crippen LogP contribution in [0.1, 0.15) is 342 Å². The number of ether oxygens (including phenoxy) is 3. The van der Waals surface area contributed by atoms with Gasteiger partial charge in [-0.3, -0.25) is 14.4 Å². The first-order chi connectivity index (χ1) is 37.0. The third-order valence-corrected chi connectivity index (χ3v) is 14.5. The van der Waals surface area contributed by atoms with Crippen molar-refractivity contribution in [1.82, 2.24) is 0 Å². The van der Waals surface area contributed by atoms with Gasteiger partial charge in [0.05, 0.1) is 0 Å². The summed E-state index contributed by atoms with van der Waals surface area (Å²) < 4.78 is 16.9. The van der Waals surface area contributed by atoms with Crippen LogP contribution in [0.15, 0.2) is 60.8 Å². The highest BCUT2D eigenvalue weighted by Crippen LogP contribution is 2.18. The average Bonchev–Trinajstić information content (AvgIpc) is 3.41. The molecule has 0 saturated heterocycles. The van der Waals surface area contributed by atoms with E-state index in [1.807, 2.05) is 0 Å². The molecule has 6 nitrogen and oxygen atoms in total. The largest absolute Gasteiger partial charge is 0.462 e. The number of rotatable bonds is 60. The van der Waals surface area contributed by atoms with Gasteiger partial charge in [0.15, 0.2) is 6.10 Å². The van der Waals surface area contributed by atoms with Crippen LogP contribution in [0.5, 0.6) is 0 Å². The van der Waals surface area contributed by atoms with Gasteiger partial charge in [0.25, 0.3) is 0 Å². The molecule has 0 aliphatic heterocycles. The Labute approximate surface area is 466 Å². The zero-order valence-electron chi connectivity index (χ0n) is 50.1.